The van der Waals surface area contributed by atoms with Crippen LogP contribution in [0.25, 0.3) is 11.6 Å². The summed E-state index contributed by atoms with van der Waals surface area (Å²) in [6.45, 7) is 0. The average molecular weight is 423 g/mol. The van der Waals surface area contributed by atoms with E-state index in [-0.39, 0.29) is 11.6 Å². The maximum Gasteiger partial charge on any atom is 0.269 e. The highest BCUT2D eigenvalue weighted by Crippen LogP contribution is 2.22. The molecule has 6 heteroatoms. The van der Waals surface area contributed by atoms with Crippen molar-refractivity contribution in [3.63, 3.8) is 0 Å². The van der Waals surface area contributed by atoms with Gasteiger partial charge in [0.25, 0.3) is 11.6 Å². The van der Waals surface area contributed by atoms with E-state index in [1.54, 1.807) is 30.3 Å². The van der Waals surface area contributed by atoms with Gasteiger partial charge in [0.2, 0.25) is 0 Å². The van der Waals surface area contributed by atoms with Crippen molar-refractivity contribution in [3.8, 4) is 0 Å². The summed E-state index contributed by atoms with van der Waals surface area (Å²) in [5.74, 6) is -0.262. The normalized spacial score (nSPS) is 11.1. The number of carbonyl (C=O) groups is 1. The van der Waals surface area contributed by atoms with Gasteiger partial charge in [0.1, 0.15) is 0 Å². The van der Waals surface area contributed by atoms with E-state index in [1.807, 2.05) is 42.5 Å². The molecule has 0 bridgehead atoms. The number of non-ortho nitro benzene ring substituents is 1. The van der Waals surface area contributed by atoms with Crippen molar-refractivity contribution >= 4 is 44.9 Å². The Morgan fingerprint density at radius 2 is 1.56 bits per heavy atom. The van der Waals surface area contributed by atoms with Crippen LogP contribution in [0.1, 0.15) is 11.1 Å². The fourth-order valence-electron chi connectivity index (χ4n) is 2.49. The predicted octanol–water partition coefficient (Wildman–Crippen LogP) is 5.54. The fourth-order valence-corrected chi connectivity index (χ4v) is 2.75. The van der Waals surface area contributed by atoms with Crippen molar-refractivity contribution in [2.75, 3.05) is 5.32 Å². The molecule has 0 aromatic heterocycles. The van der Waals surface area contributed by atoms with Crippen LogP contribution in [0.15, 0.2) is 83.3 Å². The molecule has 3 rings (SSSR count). The van der Waals surface area contributed by atoms with Crippen LogP contribution in [0.2, 0.25) is 0 Å². The summed E-state index contributed by atoms with van der Waals surface area (Å²) in [6.07, 6.45) is 1.72. The van der Waals surface area contributed by atoms with E-state index in [4.69, 9.17) is 0 Å². The van der Waals surface area contributed by atoms with E-state index >= 15 is 0 Å². The Morgan fingerprint density at radius 3 is 2.15 bits per heavy atom. The van der Waals surface area contributed by atoms with Crippen molar-refractivity contribution < 1.29 is 9.72 Å². The van der Waals surface area contributed by atoms with Gasteiger partial charge in [-0.3, -0.25) is 14.9 Å². The van der Waals surface area contributed by atoms with Crippen LogP contribution < -0.4 is 5.32 Å². The van der Waals surface area contributed by atoms with Gasteiger partial charge in [-0.15, -0.1) is 0 Å². The zero-order chi connectivity index (χ0) is 19.2. The standard InChI is InChI=1S/C21H15BrN2O3/c22-17-8-10-18(11-9-17)23-21(25)20(16-4-2-1-3-5-16)14-15-6-12-19(13-7-15)24(26)27/h1-14H,(H,23,25)/b20-14+. The Hall–Kier alpha value is -3.25. The lowest BCUT2D eigenvalue weighted by molar-refractivity contribution is -0.384. The van der Waals surface area contributed by atoms with Crippen molar-refractivity contribution in [1.82, 2.24) is 0 Å². The highest BCUT2D eigenvalue weighted by atomic mass is 79.9. The summed E-state index contributed by atoms with van der Waals surface area (Å²) in [7, 11) is 0. The lowest BCUT2D eigenvalue weighted by atomic mass is 10.0. The summed E-state index contributed by atoms with van der Waals surface area (Å²) in [4.78, 5) is 23.2. The van der Waals surface area contributed by atoms with Gasteiger partial charge >= 0.3 is 0 Å². The number of nitro groups is 1. The van der Waals surface area contributed by atoms with E-state index in [0.29, 0.717) is 16.8 Å². The average Bonchev–Trinajstić information content (AvgIpc) is 2.69. The molecule has 134 valence electrons. The molecule has 1 N–H and O–H groups in total. The van der Waals surface area contributed by atoms with Crippen LogP contribution in [0.4, 0.5) is 11.4 Å². The van der Waals surface area contributed by atoms with E-state index < -0.39 is 4.92 Å². The molecule has 0 aliphatic rings. The maximum atomic E-state index is 12.9. The van der Waals surface area contributed by atoms with Crippen LogP contribution in [0.5, 0.6) is 0 Å². The van der Waals surface area contributed by atoms with Crippen LogP contribution in [0, 0.1) is 10.1 Å². The largest absolute Gasteiger partial charge is 0.322 e. The molecule has 1 amide bonds. The number of hydrogen-bond acceptors (Lipinski definition) is 3. The molecule has 5 nitrogen and oxygen atoms in total. The molecular formula is C21H15BrN2O3. The number of benzene rings is 3. The number of anilines is 1. The number of halogens is 1. The van der Waals surface area contributed by atoms with Crippen LogP contribution >= 0.6 is 15.9 Å². The predicted molar refractivity (Wildman–Crippen MR) is 110 cm³/mol. The number of amides is 1. The first-order chi connectivity index (χ1) is 13.0. The van der Waals surface area contributed by atoms with Crippen molar-refractivity contribution in [1.29, 1.82) is 0 Å². The van der Waals surface area contributed by atoms with E-state index in [0.717, 1.165) is 10.0 Å². The molecule has 0 saturated heterocycles. The SMILES string of the molecule is O=C(Nc1ccc(Br)cc1)/C(=C/c1ccc([N+](=O)[O-])cc1)c1ccccc1. The van der Waals surface area contributed by atoms with E-state index in [2.05, 4.69) is 21.2 Å². The first-order valence-electron chi connectivity index (χ1n) is 8.11. The second-order valence-electron chi connectivity index (χ2n) is 5.73. The molecule has 0 saturated carbocycles. The van der Waals surface area contributed by atoms with Gasteiger partial charge in [0, 0.05) is 27.9 Å². The molecule has 0 aliphatic carbocycles. The molecule has 0 unspecified atom stereocenters. The van der Waals surface area contributed by atoms with Crippen LogP contribution in [0.3, 0.4) is 0 Å². The third-order valence-electron chi connectivity index (χ3n) is 3.85. The second-order valence-corrected chi connectivity index (χ2v) is 6.65. The molecule has 0 aliphatic heterocycles. The Bertz CT molecular complexity index is 982. The first-order valence-corrected chi connectivity index (χ1v) is 8.91. The van der Waals surface area contributed by atoms with Crippen LogP contribution in [-0.4, -0.2) is 10.8 Å². The number of nitro benzene ring substituents is 1. The minimum atomic E-state index is -0.453. The molecule has 0 radical (unpaired) electrons. The summed E-state index contributed by atoms with van der Waals surface area (Å²) in [5, 5.41) is 13.7. The lowest BCUT2D eigenvalue weighted by Gasteiger charge is -2.10. The third kappa shape index (κ3) is 4.89. The maximum absolute atomic E-state index is 12.9. The Morgan fingerprint density at radius 1 is 0.926 bits per heavy atom. The number of carbonyl (C=O) groups excluding carboxylic acids is 1. The van der Waals surface area contributed by atoms with Gasteiger partial charge in [-0.25, -0.2) is 0 Å². The molecule has 0 spiro atoms. The zero-order valence-corrected chi connectivity index (χ0v) is 15.7. The molecule has 3 aromatic carbocycles. The second kappa shape index (κ2) is 8.42. The van der Waals surface area contributed by atoms with Crippen LogP contribution in [-0.2, 0) is 4.79 Å². The number of hydrogen-bond donors (Lipinski definition) is 1. The van der Waals surface area contributed by atoms with Crippen molar-refractivity contribution in [2.45, 2.75) is 0 Å². The highest BCUT2D eigenvalue weighted by molar-refractivity contribution is 9.10. The van der Waals surface area contributed by atoms with E-state index in [1.165, 1.54) is 12.1 Å². The van der Waals surface area contributed by atoms with Gasteiger partial charge < -0.3 is 5.32 Å². The third-order valence-corrected chi connectivity index (χ3v) is 4.38. The summed E-state index contributed by atoms with van der Waals surface area (Å²) in [6, 6.07) is 22.6. The van der Waals surface area contributed by atoms with Crippen molar-refractivity contribution in [2.24, 2.45) is 0 Å². The van der Waals surface area contributed by atoms with Gasteiger partial charge in [-0.05, 0) is 53.6 Å². The Labute approximate surface area is 164 Å². The fraction of sp³-hybridized carbons (Fsp3) is 0. The molecule has 3 aromatic rings. The zero-order valence-electron chi connectivity index (χ0n) is 14.1. The van der Waals surface area contributed by atoms with Gasteiger partial charge in [0.05, 0.1) is 4.92 Å². The van der Waals surface area contributed by atoms with Gasteiger partial charge in [-0.2, -0.15) is 0 Å². The molecule has 27 heavy (non-hydrogen) atoms. The molecular weight excluding hydrogens is 408 g/mol. The smallest absolute Gasteiger partial charge is 0.269 e. The number of nitrogens with zero attached hydrogens (tertiary/aromatic N) is 1. The van der Waals surface area contributed by atoms with E-state index in [9.17, 15) is 14.9 Å². The highest BCUT2D eigenvalue weighted by Gasteiger charge is 2.13. The van der Waals surface area contributed by atoms with Gasteiger partial charge in [-0.1, -0.05) is 46.3 Å². The summed E-state index contributed by atoms with van der Waals surface area (Å²) < 4.78 is 0.921. The minimum Gasteiger partial charge on any atom is -0.322 e. The lowest BCUT2D eigenvalue weighted by Crippen LogP contribution is -2.13. The number of rotatable bonds is 5. The molecule has 0 fully saturated rings. The monoisotopic (exact) mass is 422 g/mol. The Balaban J connectivity index is 1.94. The number of nitrogens with one attached hydrogen (secondary N) is 1. The quantitative estimate of drug-likeness (QED) is 0.254. The molecule has 0 atom stereocenters. The Kier molecular flexibility index (Phi) is 5.78. The summed E-state index contributed by atoms with van der Waals surface area (Å²) in [5.41, 5.74) is 2.60. The topological polar surface area (TPSA) is 72.2 Å². The summed E-state index contributed by atoms with van der Waals surface area (Å²) >= 11 is 3.37. The minimum absolute atomic E-state index is 0.00715. The van der Waals surface area contributed by atoms with Gasteiger partial charge in [0.15, 0.2) is 0 Å². The van der Waals surface area contributed by atoms with Crippen molar-refractivity contribution in [3.05, 3.63) is 105 Å². The molecule has 0 heterocycles. The first kappa shape index (κ1) is 18.5.